The third kappa shape index (κ3) is 3.84. The molecule has 2 aliphatic rings. The SMILES string of the molecule is CC1(C)CC2CC(C)(CN2/C=C(/C#N)C(=O)Nc2cccc(Cl)c2Cl)C1. The Morgan fingerprint density at radius 3 is 2.77 bits per heavy atom. The normalized spacial score (nSPS) is 27.2. The van der Waals surface area contributed by atoms with Crippen molar-refractivity contribution in [1.29, 1.82) is 5.26 Å². The highest BCUT2D eigenvalue weighted by Crippen LogP contribution is 2.52. The summed E-state index contributed by atoms with van der Waals surface area (Å²) in [6.45, 7) is 7.76. The van der Waals surface area contributed by atoms with Gasteiger partial charge in [0.25, 0.3) is 5.91 Å². The average Bonchev–Trinajstić information content (AvgIpc) is 2.77. The monoisotopic (exact) mass is 391 g/mol. The quantitative estimate of drug-likeness (QED) is 0.565. The minimum Gasteiger partial charge on any atom is -0.373 e. The van der Waals surface area contributed by atoms with Gasteiger partial charge in [-0.15, -0.1) is 0 Å². The topological polar surface area (TPSA) is 56.1 Å². The summed E-state index contributed by atoms with van der Waals surface area (Å²) >= 11 is 12.1. The molecule has 2 atom stereocenters. The number of nitriles is 1. The molecule has 1 saturated carbocycles. The number of nitrogens with one attached hydrogen (secondary N) is 1. The molecule has 4 nitrogen and oxygen atoms in total. The largest absolute Gasteiger partial charge is 0.373 e. The molecule has 1 heterocycles. The van der Waals surface area contributed by atoms with E-state index in [4.69, 9.17) is 23.2 Å². The second-order valence-corrected chi connectivity index (χ2v) is 9.38. The number of benzene rings is 1. The van der Waals surface area contributed by atoms with E-state index in [0.29, 0.717) is 16.8 Å². The fraction of sp³-hybridized carbons (Fsp3) is 0.500. The Kier molecular flexibility index (Phi) is 4.98. The fourth-order valence-corrected chi connectivity index (χ4v) is 5.10. The Morgan fingerprint density at radius 1 is 1.35 bits per heavy atom. The van der Waals surface area contributed by atoms with Gasteiger partial charge in [-0.2, -0.15) is 5.26 Å². The number of hydrogen-bond donors (Lipinski definition) is 1. The van der Waals surface area contributed by atoms with E-state index in [9.17, 15) is 10.1 Å². The molecule has 0 spiro atoms. The van der Waals surface area contributed by atoms with Gasteiger partial charge in [-0.3, -0.25) is 4.79 Å². The number of carbonyl (C=O) groups is 1. The second-order valence-electron chi connectivity index (χ2n) is 8.60. The molecule has 138 valence electrons. The number of carbonyl (C=O) groups excluding carboxylic acids is 1. The van der Waals surface area contributed by atoms with Crippen molar-refractivity contribution in [3.8, 4) is 6.07 Å². The Hall–Kier alpha value is -1.70. The summed E-state index contributed by atoms with van der Waals surface area (Å²) < 4.78 is 0. The highest BCUT2D eigenvalue weighted by molar-refractivity contribution is 6.44. The Labute approximate surface area is 164 Å². The third-order valence-electron chi connectivity index (χ3n) is 5.32. The average molecular weight is 392 g/mol. The lowest BCUT2D eigenvalue weighted by molar-refractivity contribution is -0.112. The number of anilines is 1. The first-order chi connectivity index (χ1) is 12.1. The van der Waals surface area contributed by atoms with Crippen LogP contribution in [0.25, 0.3) is 0 Å². The van der Waals surface area contributed by atoms with Gasteiger partial charge in [0.15, 0.2) is 0 Å². The summed E-state index contributed by atoms with van der Waals surface area (Å²) in [5, 5.41) is 12.8. The van der Waals surface area contributed by atoms with Crippen LogP contribution in [0.2, 0.25) is 10.0 Å². The maximum absolute atomic E-state index is 12.6. The predicted octanol–water partition coefficient (Wildman–Crippen LogP) is 5.24. The number of hydrogen-bond acceptors (Lipinski definition) is 3. The van der Waals surface area contributed by atoms with E-state index in [-0.39, 0.29) is 21.4 Å². The molecule has 0 radical (unpaired) electrons. The lowest BCUT2D eigenvalue weighted by atomic mass is 9.65. The minimum absolute atomic E-state index is 0.0787. The molecule has 1 aliphatic heterocycles. The summed E-state index contributed by atoms with van der Waals surface area (Å²) in [7, 11) is 0. The van der Waals surface area contributed by atoms with Crippen molar-refractivity contribution in [3.63, 3.8) is 0 Å². The van der Waals surface area contributed by atoms with Crippen molar-refractivity contribution in [1.82, 2.24) is 4.90 Å². The van der Waals surface area contributed by atoms with Gasteiger partial charge < -0.3 is 10.2 Å². The van der Waals surface area contributed by atoms with Crippen molar-refractivity contribution in [2.45, 2.75) is 46.1 Å². The Bertz CT molecular complexity index is 812. The molecule has 1 amide bonds. The zero-order chi connectivity index (χ0) is 19.1. The van der Waals surface area contributed by atoms with Crippen LogP contribution in [-0.4, -0.2) is 23.4 Å². The molecule has 1 saturated heterocycles. The van der Waals surface area contributed by atoms with Gasteiger partial charge in [-0.25, -0.2) is 0 Å². The summed E-state index contributed by atoms with van der Waals surface area (Å²) in [6, 6.07) is 7.40. The van der Waals surface area contributed by atoms with Gasteiger partial charge in [0.1, 0.15) is 11.6 Å². The summed E-state index contributed by atoms with van der Waals surface area (Å²) in [5.74, 6) is -0.470. The van der Waals surface area contributed by atoms with Crippen molar-refractivity contribution < 1.29 is 4.79 Å². The molecule has 2 bridgehead atoms. The van der Waals surface area contributed by atoms with Crippen LogP contribution in [0.15, 0.2) is 30.0 Å². The van der Waals surface area contributed by atoms with E-state index >= 15 is 0 Å². The minimum atomic E-state index is -0.470. The van der Waals surface area contributed by atoms with Crippen molar-refractivity contribution >= 4 is 34.8 Å². The van der Waals surface area contributed by atoms with Gasteiger partial charge in [0.05, 0.1) is 15.7 Å². The maximum atomic E-state index is 12.6. The highest BCUT2D eigenvalue weighted by atomic mass is 35.5. The molecular formula is C20H23Cl2N3O. The first-order valence-electron chi connectivity index (χ1n) is 8.76. The van der Waals surface area contributed by atoms with Crippen LogP contribution < -0.4 is 5.32 Å². The van der Waals surface area contributed by atoms with Crippen LogP contribution in [0.1, 0.15) is 40.0 Å². The molecular weight excluding hydrogens is 369 g/mol. The Morgan fingerprint density at radius 2 is 2.08 bits per heavy atom. The lowest BCUT2D eigenvalue weighted by Gasteiger charge is -2.39. The van der Waals surface area contributed by atoms with Crippen LogP contribution in [0.3, 0.4) is 0 Å². The number of rotatable bonds is 3. The molecule has 2 unspecified atom stereocenters. The van der Waals surface area contributed by atoms with Gasteiger partial charge in [-0.1, -0.05) is 50.0 Å². The highest BCUT2D eigenvalue weighted by Gasteiger charge is 2.48. The van der Waals surface area contributed by atoms with Crippen LogP contribution in [-0.2, 0) is 4.79 Å². The van der Waals surface area contributed by atoms with E-state index < -0.39 is 5.91 Å². The van der Waals surface area contributed by atoms with E-state index in [1.165, 1.54) is 0 Å². The standard InChI is InChI=1S/C20H23Cl2N3O/c1-19(2)7-14-8-20(3,11-19)12-25(14)10-13(9-23)18(26)24-16-6-4-5-15(21)17(16)22/h4-6,10,14H,7-8,11-12H2,1-3H3,(H,24,26)/b13-10-. The van der Waals surface area contributed by atoms with Crippen LogP contribution >= 0.6 is 23.2 Å². The Balaban J connectivity index is 1.80. The summed E-state index contributed by atoms with van der Waals surface area (Å²) in [4.78, 5) is 14.7. The third-order valence-corrected chi connectivity index (χ3v) is 6.13. The zero-order valence-electron chi connectivity index (χ0n) is 15.3. The molecule has 2 fully saturated rings. The van der Waals surface area contributed by atoms with Gasteiger partial charge >= 0.3 is 0 Å². The number of likely N-dealkylation sites (tertiary alicyclic amines) is 1. The predicted molar refractivity (Wildman–Crippen MR) is 105 cm³/mol. The molecule has 3 rings (SSSR count). The number of amides is 1. The lowest BCUT2D eigenvalue weighted by Crippen LogP contribution is -2.33. The molecule has 1 N–H and O–H groups in total. The molecule has 26 heavy (non-hydrogen) atoms. The molecule has 0 aromatic heterocycles. The van der Waals surface area contributed by atoms with Crippen molar-refractivity contribution in [2.24, 2.45) is 10.8 Å². The number of halogens is 2. The maximum Gasteiger partial charge on any atom is 0.267 e. The van der Waals surface area contributed by atoms with Gasteiger partial charge in [-0.05, 0) is 42.2 Å². The zero-order valence-corrected chi connectivity index (χ0v) is 16.8. The molecule has 6 heteroatoms. The number of fused-ring (bicyclic) bond motifs is 2. The van der Waals surface area contributed by atoms with Gasteiger partial charge in [0, 0.05) is 18.8 Å². The van der Waals surface area contributed by atoms with E-state index in [1.54, 1.807) is 24.4 Å². The first kappa shape index (κ1) is 19.1. The van der Waals surface area contributed by atoms with Crippen LogP contribution in [0.5, 0.6) is 0 Å². The number of nitrogens with zero attached hydrogens (tertiary/aromatic N) is 2. The first-order valence-corrected chi connectivity index (χ1v) is 9.51. The smallest absolute Gasteiger partial charge is 0.267 e. The molecule has 1 aliphatic carbocycles. The van der Waals surface area contributed by atoms with Gasteiger partial charge in [0.2, 0.25) is 0 Å². The van der Waals surface area contributed by atoms with Crippen molar-refractivity contribution in [3.05, 3.63) is 40.0 Å². The summed E-state index contributed by atoms with van der Waals surface area (Å²) in [6.07, 6.45) is 5.05. The van der Waals surface area contributed by atoms with Crippen LogP contribution in [0.4, 0.5) is 5.69 Å². The fourth-order valence-electron chi connectivity index (χ4n) is 4.75. The van der Waals surface area contributed by atoms with E-state index in [0.717, 1.165) is 25.8 Å². The van der Waals surface area contributed by atoms with Crippen LogP contribution in [0, 0.1) is 22.2 Å². The summed E-state index contributed by atoms with van der Waals surface area (Å²) in [5.41, 5.74) is 0.994. The molecule has 1 aromatic rings. The van der Waals surface area contributed by atoms with E-state index in [2.05, 4.69) is 31.0 Å². The van der Waals surface area contributed by atoms with Crippen molar-refractivity contribution in [2.75, 3.05) is 11.9 Å². The van der Waals surface area contributed by atoms with E-state index in [1.807, 2.05) is 6.07 Å². The molecule has 1 aromatic carbocycles. The second kappa shape index (κ2) is 6.79.